The topological polar surface area (TPSA) is 29.1 Å². The van der Waals surface area contributed by atoms with Gasteiger partial charge >= 0.3 is 0 Å². The van der Waals surface area contributed by atoms with Crippen molar-refractivity contribution in [1.82, 2.24) is 5.32 Å². The highest BCUT2D eigenvalue weighted by molar-refractivity contribution is 5.92. The molecule has 2 heteroatoms. The lowest BCUT2D eigenvalue weighted by molar-refractivity contribution is -0.115. The van der Waals surface area contributed by atoms with E-state index in [4.69, 9.17) is 0 Å². The molecule has 1 N–H and O–H groups in total. The Balaban J connectivity index is 1.37. The summed E-state index contributed by atoms with van der Waals surface area (Å²) in [7, 11) is 0. The Morgan fingerprint density at radius 1 is 0.920 bits per heavy atom. The molecule has 4 saturated carbocycles. The van der Waals surface area contributed by atoms with Gasteiger partial charge in [0.15, 0.2) is 5.78 Å². The van der Waals surface area contributed by atoms with E-state index < -0.39 is 0 Å². The van der Waals surface area contributed by atoms with Gasteiger partial charge in [-0.1, -0.05) is 30.3 Å². The zero-order chi connectivity index (χ0) is 16.9. The van der Waals surface area contributed by atoms with Gasteiger partial charge in [0, 0.05) is 23.7 Å². The molecule has 5 aliphatic carbocycles. The van der Waals surface area contributed by atoms with Crippen molar-refractivity contribution in [2.24, 2.45) is 17.8 Å². The Bertz CT molecular complexity index is 677. The summed E-state index contributed by atoms with van der Waals surface area (Å²) in [5.41, 5.74) is 2.80. The molecule has 4 bridgehead atoms. The van der Waals surface area contributed by atoms with Crippen LogP contribution < -0.4 is 5.32 Å². The van der Waals surface area contributed by atoms with Crippen molar-refractivity contribution in [3.05, 3.63) is 47.7 Å². The standard InChI is InChI=1S/C23H29NO/c25-22-12-20(19-4-2-1-3-5-19)11-21(13-22)24-23-7-6-16-8-17(14-23)10-18(9-16)15-23/h1-5,13,16-18,20,24H,6-12,14-15H2/t16?,17-,18?,20?,23?/m0/s1. The van der Waals surface area contributed by atoms with Gasteiger partial charge in [-0.3, -0.25) is 4.79 Å². The lowest BCUT2D eigenvalue weighted by atomic mass is 9.65. The molecule has 0 heterocycles. The molecule has 0 saturated heterocycles. The van der Waals surface area contributed by atoms with Crippen LogP contribution in [0.15, 0.2) is 42.1 Å². The van der Waals surface area contributed by atoms with E-state index in [0.717, 1.165) is 24.2 Å². The van der Waals surface area contributed by atoms with E-state index >= 15 is 0 Å². The monoisotopic (exact) mass is 335 g/mol. The molecule has 5 atom stereocenters. The smallest absolute Gasteiger partial charge is 0.158 e. The lowest BCUT2D eigenvalue weighted by Crippen LogP contribution is -2.50. The van der Waals surface area contributed by atoms with Gasteiger partial charge in [0.1, 0.15) is 0 Å². The van der Waals surface area contributed by atoms with Crippen molar-refractivity contribution >= 4 is 5.78 Å². The predicted molar refractivity (Wildman–Crippen MR) is 100 cm³/mol. The Labute approximate surface area is 151 Å². The van der Waals surface area contributed by atoms with Crippen molar-refractivity contribution < 1.29 is 4.79 Å². The van der Waals surface area contributed by atoms with Gasteiger partial charge in [0.05, 0.1) is 0 Å². The van der Waals surface area contributed by atoms with Crippen LogP contribution in [0.25, 0.3) is 0 Å². The van der Waals surface area contributed by atoms with Crippen molar-refractivity contribution in [3.8, 4) is 0 Å². The molecule has 0 aromatic heterocycles. The average molecular weight is 335 g/mol. The number of hydrogen-bond acceptors (Lipinski definition) is 2. The minimum absolute atomic E-state index is 0.281. The molecular weight excluding hydrogens is 306 g/mol. The van der Waals surface area contributed by atoms with E-state index in [2.05, 4.69) is 35.6 Å². The highest BCUT2D eigenvalue weighted by Gasteiger charge is 2.48. The summed E-state index contributed by atoms with van der Waals surface area (Å²) in [6.45, 7) is 0. The average Bonchev–Trinajstić information content (AvgIpc) is 2.79. The van der Waals surface area contributed by atoms with Crippen molar-refractivity contribution in [2.75, 3.05) is 0 Å². The third-order valence-corrected chi connectivity index (χ3v) is 7.34. The molecule has 1 aromatic rings. The first-order chi connectivity index (χ1) is 12.2. The predicted octanol–water partition coefficient (Wildman–Crippen LogP) is 4.97. The maximum atomic E-state index is 12.4. The largest absolute Gasteiger partial charge is 0.383 e. The highest BCUT2D eigenvalue weighted by Crippen LogP contribution is 2.53. The van der Waals surface area contributed by atoms with Crippen molar-refractivity contribution in [2.45, 2.75) is 69.2 Å². The van der Waals surface area contributed by atoms with Crippen molar-refractivity contribution in [1.29, 1.82) is 0 Å². The zero-order valence-electron chi connectivity index (χ0n) is 15.0. The molecule has 5 aliphatic rings. The third-order valence-electron chi connectivity index (χ3n) is 7.34. The van der Waals surface area contributed by atoms with Crippen LogP contribution in [-0.4, -0.2) is 11.3 Å². The number of carbonyl (C=O) groups excluding carboxylic acids is 1. The minimum Gasteiger partial charge on any atom is -0.383 e. The highest BCUT2D eigenvalue weighted by atomic mass is 16.1. The quantitative estimate of drug-likeness (QED) is 0.845. The maximum absolute atomic E-state index is 12.4. The minimum atomic E-state index is 0.281. The second-order valence-electron chi connectivity index (χ2n) is 9.31. The second-order valence-corrected chi connectivity index (χ2v) is 9.31. The number of fused-ring (bicyclic) bond motifs is 1. The fraction of sp³-hybridized carbons (Fsp3) is 0.609. The number of carbonyl (C=O) groups is 1. The van der Waals surface area contributed by atoms with E-state index in [1.54, 1.807) is 0 Å². The van der Waals surface area contributed by atoms with E-state index in [-0.39, 0.29) is 5.54 Å². The summed E-state index contributed by atoms with van der Waals surface area (Å²) in [5.74, 6) is 3.48. The summed E-state index contributed by atoms with van der Waals surface area (Å²) < 4.78 is 0. The summed E-state index contributed by atoms with van der Waals surface area (Å²) >= 11 is 0. The molecule has 0 spiro atoms. The third kappa shape index (κ3) is 3.05. The van der Waals surface area contributed by atoms with Crippen LogP contribution in [-0.2, 0) is 4.79 Å². The van der Waals surface area contributed by atoms with E-state index in [9.17, 15) is 4.79 Å². The van der Waals surface area contributed by atoms with Crippen molar-refractivity contribution in [3.63, 3.8) is 0 Å². The van der Waals surface area contributed by atoms with Crippen LogP contribution in [0.4, 0.5) is 0 Å². The van der Waals surface area contributed by atoms with Gasteiger partial charge in [-0.05, 0) is 80.6 Å². The normalized spacial score (nSPS) is 39.8. The number of benzene rings is 1. The van der Waals surface area contributed by atoms with Gasteiger partial charge in [0.2, 0.25) is 0 Å². The number of nitrogens with one attached hydrogen (secondary N) is 1. The molecule has 25 heavy (non-hydrogen) atoms. The van der Waals surface area contributed by atoms with Crippen LogP contribution in [0, 0.1) is 17.8 Å². The number of rotatable bonds is 3. The molecule has 132 valence electrons. The molecule has 0 radical (unpaired) electrons. The van der Waals surface area contributed by atoms with E-state index in [0.29, 0.717) is 18.1 Å². The zero-order valence-corrected chi connectivity index (χ0v) is 15.0. The van der Waals surface area contributed by atoms with Gasteiger partial charge in [-0.15, -0.1) is 0 Å². The van der Waals surface area contributed by atoms with E-state index in [1.165, 1.54) is 56.2 Å². The summed E-state index contributed by atoms with van der Waals surface area (Å²) in [4.78, 5) is 12.4. The van der Waals surface area contributed by atoms with Gasteiger partial charge in [-0.2, -0.15) is 0 Å². The first-order valence-corrected chi connectivity index (χ1v) is 10.2. The molecule has 0 amide bonds. The van der Waals surface area contributed by atoms with Crippen LogP contribution in [0.1, 0.15) is 69.3 Å². The fourth-order valence-electron chi connectivity index (χ4n) is 6.59. The number of hydrogen-bond donors (Lipinski definition) is 1. The first kappa shape index (κ1) is 15.7. The van der Waals surface area contributed by atoms with E-state index in [1.807, 2.05) is 6.08 Å². The first-order valence-electron chi connectivity index (χ1n) is 10.2. The SMILES string of the molecule is O=C1C=C(NC23CCC4CC(C[C@H](C4)C2)C3)CC(c2ccccc2)C1. The maximum Gasteiger partial charge on any atom is 0.158 e. The second kappa shape index (κ2) is 6.00. The molecule has 4 fully saturated rings. The van der Waals surface area contributed by atoms with Gasteiger partial charge in [-0.25, -0.2) is 0 Å². The molecule has 2 nitrogen and oxygen atoms in total. The molecule has 4 unspecified atom stereocenters. The van der Waals surface area contributed by atoms with Crippen LogP contribution in [0.3, 0.4) is 0 Å². The van der Waals surface area contributed by atoms with Gasteiger partial charge in [0.25, 0.3) is 0 Å². The molecular formula is C23H29NO. The molecule has 6 rings (SSSR count). The summed E-state index contributed by atoms with van der Waals surface area (Å²) in [6, 6.07) is 10.6. The Hall–Kier alpha value is -1.57. The van der Waals surface area contributed by atoms with Crippen LogP contribution in [0.5, 0.6) is 0 Å². The van der Waals surface area contributed by atoms with Gasteiger partial charge < -0.3 is 5.32 Å². The molecule has 1 aromatic carbocycles. The Morgan fingerprint density at radius 3 is 2.40 bits per heavy atom. The summed E-state index contributed by atoms with van der Waals surface area (Å²) in [6.07, 6.45) is 13.3. The summed E-state index contributed by atoms with van der Waals surface area (Å²) in [5, 5.41) is 3.97. The fourth-order valence-corrected chi connectivity index (χ4v) is 6.59. The number of ketones is 1. The van der Waals surface area contributed by atoms with Crippen LogP contribution >= 0.6 is 0 Å². The Morgan fingerprint density at radius 2 is 1.64 bits per heavy atom. The number of allylic oxidation sites excluding steroid dienone is 2. The Kier molecular flexibility index (Phi) is 3.76. The molecule has 0 aliphatic heterocycles. The van der Waals surface area contributed by atoms with Crippen LogP contribution in [0.2, 0.25) is 0 Å². The lowest BCUT2D eigenvalue weighted by Gasteiger charge is -2.47.